The van der Waals surface area contributed by atoms with E-state index in [-0.39, 0.29) is 30.5 Å². The summed E-state index contributed by atoms with van der Waals surface area (Å²) in [6, 6.07) is 0.935. The Morgan fingerprint density at radius 3 is 2.58 bits per heavy atom. The van der Waals surface area contributed by atoms with Gasteiger partial charge < -0.3 is 39.4 Å². The van der Waals surface area contributed by atoms with Crippen LogP contribution < -0.4 is 15.5 Å². The number of carboxylic acid groups (broad SMARTS) is 1. The molecule has 1 amide bonds. The SMILES string of the molecule is CC(C)(C)OC(=O)N[C@@H](Cc1ccc(B(O)O)c(OCCOC2CCCCO2)c1F)C(=O)O. The molecule has 1 saturated heterocycles. The summed E-state index contributed by atoms with van der Waals surface area (Å²) in [4.78, 5) is 23.6. The first-order chi connectivity index (χ1) is 15.5. The molecule has 12 heteroatoms. The summed E-state index contributed by atoms with van der Waals surface area (Å²) in [5.41, 5.74) is -1.17. The first-order valence-corrected chi connectivity index (χ1v) is 10.7. The first kappa shape index (κ1) is 26.8. The highest BCUT2D eigenvalue weighted by molar-refractivity contribution is 6.59. The van der Waals surface area contributed by atoms with E-state index >= 15 is 4.39 Å². The Bertz CT molecular complexity index is 810. The maximum atomic E-state index is 15.2. The molecule has 33 heavy (non-hydrogen) atoms. The van der Waals surface area contributed by atoms with Gasteiger partial charge in [-0.15, -0.1) is 0 Å². The zero-order chi connectivity index (χ0) is 24.6. The van der Waals surface area contributed by atoms with Crippen molar-refractivity contribution >= 4 is 24.6 Å². The Morgan fingerprint density at radius 1 is 1.27 bits per heavy atom. The van der Waals surface area contributed by atoms with E-state index < -0.39 is 48.8 Å². The summed E-state index contributed by atoms with van der Waals surface area (Å²) in [6.07, 6.45) is 0.932. The van der Waals surface area contributed by atoms with Gasteiger partial charge in [-0.1, -0.05) is 12.1 Å². The van der Waals surface area contributed by atoms with Crippen molar-refractivity contribution in [1.29, 1.82) is 0 Å². The van der Waals surface area contributed by atoms with Crippen LogP contribution in [0.1, 0.15) is 45.6 Å². The Balaban J connectivity index is 2.09. The number of nitrogens with one attached hydrogen (secondary N) is 1. The number of hydrogen-bond donors (Lipinski definition) is 4. The van der Waals surface area contributed by atoms with Gasteiger partial charge in [0.2, 0.25) is 0 Å². The molecule has 0 aromatic heterocycles. The zero-order valence-corrected chi connectivity index (χ0v) is 19.0. The van der Waals surface area contributed by atoms with Crippen LogP contribution in [0.4, 0.5) is 9.18 Å². The van der Waals surface area contributed by atoms with Crippen LogP contribution in [0.25, 0.3) is 0 Å². The molecule has 10 nitrogen and oxygen atoms in total. The molecule has 184 valence electrons. The lowest BCUT2D eigenvalue weighted by Gasteiger charge is -2.23. The molecule has 1 fully saturated rings. The van der Waals surface area contributed by atoms with Gasteiger partial charge in [0.1, 0.15) is 18.2 Å². The van der Waals surface area contributed by atoms with Crippen LogP contribution in [-0.4, -0.2) is 72.1 Å². The topological polar surface area (TPSA) is 144 Å². The van der Waals surface area contributed by atoms with Gasteiger partial charge in [-0.25, -0.2) is 14.0 Å². The fourth-order valence-electron chi connectivity index (χ4n) is 3.16. The number of carbonyl (C=O) groups excluding carboxylic acids is 1. The van der Waals surface area contributed by atoms with Crippen molar-refractivity contribution in [1.82, 2.24) is 5.32 Å². The lowest BCUT2D eigenvalue weighted by molar-refractivity contribution is -0.165. The second-order valence-corrected chi connectivity index (χ2v) is 8.59. The zero-order valence-electron chi connectivity index (χ0n) is 19.0. The van der Waals surface area contributed by atoms with Gasteiger partial charge in [0.25, 0.3) is 0 Å². The van der Waals surface area contributed by atoms with Crippen molar-refractivity contribution in [2.24, 2.45) is 0 Å². The third kappa shape index (κ3) is 8.80. The van der Waals surface area contributed by atoms with Crippen LogP contribution in [0.5, 0.6) is 5.75 Å². The van der Waals surface area contributed by atoms with Crippen molar-refractivity contribution in [3.63, 3.8) is 0 Å². The molecule has 0 aliphatic carbocycles. The highest BCUT2D eigenvalue weighted by Crippen LogP contribution is 2.21. The smallest absolute Gasteiger partial charge is 0.488 e. The van der Waals surface area contributed by atoms with Gasteiger partial charge >= 0.3 is 19.2 Å². The number of benzene rings is 1. The van der Waals surface area contributed by atoms with Crippen molar-refractivity contribution in [3.8, 4) is 5.75 Å². The third-order valence-corrected chi connectivity index (χ3v) is 4.67. The van der Waals surface area contributed by atoms with E-state index in [0.717, 1.165) is 19.3 Å². The molecule has 0 bridgehead atoms. The number of rotatable bonds is 10. The summed E-state index contributed by atoms with van der Waals surface area (Å²) >= 11 is 0. The second kappa shape index (κ2) is 12.2. The second-order valence-electron chi connectivity index (χ2n) is 8.59. The van der Waals surface area contributed by atoms with Gasteiger partial charge in [0.15, 0.2) is 17.9 Å². The minimum Gasteiger partial charge on any atom is -0.488 e. The van der Waals surface area contributed by atoms with E-state index in [0.29, 0.717) is 6.61 Å². The fourth-order valence-corrected chi connectivity index (χ4v) is 3.16. The van der Waals surface area contributed by atoms with Crippen LogP contribution in [0.3, 0.4) is 0 Å². The monoisotopic (exact) mass is 471 g/mol. The maximum Gasteiger partial charge on any atom is 0.492 e. The lowest BCUT2D eigenvalue weighted by atomic mass is 9.78. The molecule has 1 aromatic rings. The molecule has 0 saturated carbocycles. The van der Waals surface area contributed by atoms with E-state index in [9.17, 15) is 24.7 Å². The normalized spacial score (nSPS) is 17.2. The summed E-state index contributed by atoms with van der Waals surface area (Å²) in [7, 11) is -2.01. The fraction of sp³-hybridized carbons (Fsp3) is 0.619. The number of carbonyl (C=O) groups is 2. The molecule has 1 aliphatic rings. The Hall–Kier alpha value is -2.41. The molecule has 2 rings (SSSR count). The first-order valence-electron chi connectivity index (χ1n) is 10.7. The van der Waals surface area contributed by atoms with Gasteiger partial charge in [-0.05, 0) is 45.6 Å². The maximum absolute atomic E-state index is 15.2. The molecular weight excluding hydrogens is 440 g/mol. The van der Waals surface area contributed by atoms with Gasteiger partial charge in [0.05, 0.1) is 6.61 Å². The van der Waals surface area contributed by atoms with E-state index in [1.165, 1.54) is 12.1 Å². The Morgan fingerprint density at radius 2 is 2.00 bits per heavy atom. The van der Waals surface area contributed by atoms with Crippen LogP contribution >= 0.6 is 0 Å². The van der Waals surface area contributed by atoms with Crippen molar-refractivity contribution in [3.05, 3.63) is 23.5 Å². The van der Waals surface area contributed by atoms with Crippen LogP contribution in [0.2, 0.25) is 0 Å². The van der Waals surface area contributed by atoms with Crippen molar-refractivity contribution < 1.29 is 48.1 Å². The number of aliphatic carboxylic acids is 1. The lowest BCUT2D eigenvalue weighted by Crippen LogP contribution is -2.45. The third-order valence-electron chi connectivity index (χ3n) is 4.67. The molecule has 0 radical (unpaired) electrons. The minimum absolute atomic E-state index is 0.0766. The summed E-state index contributed by atoms with van der Waals surface area (Å²) < 4.78 is 36.6. The van der Waals surface area contributed by atoms with Crippen molar-refractivity contribution in [2.45, 2.75) is 64.4 Å². The average Bonchev–Trinajstić information content (AvgIpc) is 2.71. The van der Waals surface area contributed by atoms with Crippen LogP contribution in [0.15, 0.2) is 12.1 Å². The molecule has 1 aromatic carbocycles. The highest BCUT2D eigenvalue weighted by Gasteiger charge is 2.28. The molecule has 1 unspecified atom stereocenters. The average molecular weight is 471 g/mol. The number of ether oxygens (including phenoxy) is 4. The standard InChI is InChI=1S/C21H31BFNO9/c1-21(2,3)33-20(27)24-15(19(25)26)12-13-7-8-14(22(28)29)18(17(13)23)32-11-10-31-16-6-4-5-9-30-16/h7-8,15-16,28-29H,4-6,9-12H2,1-3H3,(H,24,27)(H,25,26)/t15-,16?/m0/s1. The van der Waals surface area contributed by atoms with Crippen molar-refractivity contribution in [2.75, 3.05) is 19.8 Å². The van der Waals surface area contributed by atoms with Gasteiger partial charge in [-0.3, -0.25) is 0 Å². The molecule has 1 aliphatic heterocycles. The van der Waals surface area contributed by atoms with Gasteiger partial charge in [0, 0.05) is 18.5 Å². The molecule has 0 spiro atoms. The molecule has 4 N–H and O–H groups in total. The Kier molecular flexibility index (Phi) is 9.90. The molecule has 1 heterocycles. The summed E-state index contributed by atoms with van der Waals surface area (Å²) in [5, 5.41) is 30.8. The van der Waals surface area contributed by atoms with Gasteiger partial charge in [-0.2, -0.15) is 0 Å². The highest BCUT2D eigenvalue weighted by atomic mass is 19.1. The number of hydrogen-bond acceptors (Lipinski definition) is 8. The van der Waals surface area contributed by atoms with E-state index in [4.69, 9.17) is 18.9 Å². The number of halogens is 1. The van der Waals surface area contributed by atoms with Crippen LogP contribution in [-0.2, 0) is 25.4 Å². The Labute approximate surface area is 192 Å². The van der Waals surface area contributed by atoms with Crippen LogP contribution in [0, 0.1) is 5.82 Å². The van der Waals surface area contributed by atoms with E-state index in [1.54, 1.807) is 20.8 Å². The number of carboxylic acids is 1. The predicted octanol–water partition coefficient (Wildman–Crippen LogP) is 0.948. The molecule has 2 atom stereocenters. The predicted molar refractivity (Wildman–Crippen MR) is 116 cm³/mol. The van der Waals surface area contributed by atoms with E-state index in [2.05, 4.69) is 5.32 Å². The quantitative estimate of drug-likeness (QED) is 0.290. The molecular formula is C21H31BFNO9. The minimum atomic E-state index is -2.01. The summed E-state index contributed by atoms with van der Waals surface area (Å²) in [6.45, 7) is 5.44. The summed E-state index contributed by atoms with van der Waals surface area (Å²) in [5.74, 6) is -2.79. The largest absolute Gasteiger partial charge is 0.492 e. The number of amides is 1. The number of alkyl carbamates (subject to hydrolysis) is 1. The van der Waals surface area contributed by atoms with E-state index in [1.807, 2.05) is 0 Å².